The smallest absolute Gasteiger partial charge is 0.358 e. The molecule has 1 fully saturated rings. The van der Waals surface area contributed by atoms with E-state index in [1.165, 1.54) is 22.2 Å². The number of hydrogen-bond donors (Lipinski definition) is 1. The number of anilines is 1. The van der Waals surface area contributed by atoms with Gasteiger partial charge in [0.25, 0.3) is 4.96 Å². The first-order valence-corrected chi connectivity index (χ1v) is 6.75. The summed E-state index contributed by atoms with van der Waals surface area (Å²) in [7, 11) is 0. The summed E-state index contributed by atoms with van der Waals surface area (Å²) in [6.45, 7) is 1.81. The molecule has 1 aliphatic heterocycles. The Morgan fingerprint density at radius 1 is 1.39 bits per heavy atom. The summed E-state index contributed by atoms with van der Waals surface area (Å²) in [5.41, 5.74) is 3.07. The molecule has 0 aromatic carbocycles. The number of nitrogens with one attached hydrogen (secondary N) is 1. The summed E-state index contributed by atoms with van der Waals surface area (Å²) in [6, 6.07) is 0. The molecular formula is C10H13N5O2S. The Labute approximate surface area is 107 Å². The van der Waals surface area contributed by atoms with Crippen molar-refractivity contribution < 1.29 is 4.92 Å². The Hall–Kier alpha value is -1.67. The molecule has 18 heavy (non-hydrogen) atoms. The Kier molecular flexibility index (Phi) is 2.88. The van der Waals surface area contributed by atoms with Gasteiger partial charge in [0.15, 0.2) is 0 Å². The molecule has 8 heteroatoms. The maximum absolute atomic E-state index is 11.1. The number of nitro groups is 1. The normalized spacial score (nSPS) is 17.1. The predicted molar refractivity (Wildman–Crippen MR) is 68.8 cm³/mol. The summed E-state index contributed by atoms with van der Waals surface area (Å²) in [5.74, 6) is 0.352. The second-order valence-electron chi connectivity index (χ2n) is 4.26. The van der Waals surface area contributed by atoms with Crippen molar-refractivity contribution in [3.63, 3.8) is 0 Å². The number of rotatable bonds is 3. The van der Waals surface area contributed by atoms with Gasteiger partial charge in [0.1, 0.15) is 6.20 Å². The molecule has 0 radical (unpaired) electrons. The quantitative estimate of drug-likeness (QED) is 0.681. The van der Waals surface area contributed by atoms with Crippen LogP contribution in [0.15, 0.2) is 11.6 Å². The van der Waals surface area contributed by atoms with Crippen molar-refractivity contribution in [2.24, 2.45) is 0 Å². The van der Waals surface area contributed by atoms with Crippen LogP contribution >= 0.6 is 11.3 Å². The summed E-state index contributed by atoms with van der Waals surface area (Å²) in [5, 5.41) is 14.9. The minimum Gasteiger partial charge on any atom is -0.358 e. The van der Waals surface area contributed by atoms with E-state index < -0.39 is 0 Å². The van der Waals surface area contributed by atoms with Crippen LogP contribution in [0.3, 0.4) is 0 Å². The van der Waals surface area contributed by atoms with Crippen LogP contribution in [0.2, 0.25) is 0 Å². The third-order valence-electron chi connectivity index (χ3n) is 3.03. The van der Waals surface area contributed by atoms with Crippen molar-refractivity contribution in [2.45, 2.75) is 19.3 Å². The van der Waals surface area contributed by atoms with E-state index in [1.807, 2.05) is 5.01 Å². The van der Waals surface area contributed by atoms with Crippen molar-refractivity contribution in [3.8, 4) is 0 Å². The van der Waals surface area contributed by atoms with Gasteiger partial charge in [-0.3, -0.25) is 5.43 Å². The molecular weight excluding hydrogens is 254 g/mol. The van der Waals surface area contributed by atoms with E-state index in [-0.39, 0.29) is 10.7 Å². The Bertz CT molecular complexity index is 572. The van der Waals surface area contributed by atoms with Crippen molar-refractivity contribution in [1.29, 1.82) is 0 Å². The molecule has 2 aromatic heterocycles. The third kappa shape index (κ3) is 1.93. The van der Waals surface area contributed by atoms with Crippen molar-refractivity contribution >= 4 is 27.9 Å². The van der Waals surface area contributed by atoms with Crippen LogP contribution in [0, 0.1) is 10.1 Å². The van der Waals surface area contributed by atoms with Crippen LogP contribution in [-0.2, 0) is 0 Å². The van der Waals surface area contributed by atoms with Gasteiger partial charge in [-0.15, -0.1) is 0 Å². The highest BCUT2D eigenvalue weighted by atomic mass is 32.1. The number of nitrogens with zero attached hydrogens (tertiary/aromatic N) is 4. The summed E-state index contributed by atoms with van der Waals surface area (Å²) < 4.78 is 1.51. The number of fused-ring (bicyclic) bond motifs is 1. The van der Waals surface area contributed by atoms with Crippen LogP contribution in [0.1, 0.15) is 19.3 Å². The number of hydrogen-bond acceptors (Lipinski definition) is 6. The van der Waals surface area contributed by atoms with Gasteiger partial charge in [-0.1, -0.05) is 17.8 Å². The predicted octanol–water partition coefficient (Wildman–Crippen LogP) is 2.12. The number of thiazole rings is 1. The fourth-order valence-corrected chi connectivity index (χ4v) is 2.89. The van der Waals surface area contributed by atoms with E-state index >= 15 is 0 Å². The van der Waals surface area contributed by atoms with Crippen LogP contribution in [0.25, 0.3) is 4.96 Å². The molecule has 96 valence electrons. The maximum atomic E-state index is 11.1. The van der Waals surface area contributed by atoms with Gasteiger partial charge >= 0.3 is 5.82 Å². The van der Waals surface area contributed by atoms with E-state index in [1.54, 1.807) is 11.6 Å². The van der Waals surface area contributed by atoms with E-state index in [0.29, 0.717) is 10.8 Å². The number of hydrazine groups is 1. The van der Waals surface area contributed by atoms with Crippen LogP contribution in [0.5, 0.6) is 0 Å². The SMILES string of the molecule is O=[N+]([O-])c1c(NN2CCCCC2)nc2sccn12. The van der Waals surface area contributed by atoms with E-state index in [0.717, 1.165) is 25.9 Å². The molecule has 0 amide bonds. The first-order valence-electron chi connectivity index (χ1n) is 5.87. The zero-order valence-corrected chi connectivity index (χ0v) is 10.5. The zero-order chi connectivity index (χ0) is 12.5. The molecule has 7 nitrogen and oxygen atoms in total. The molecule has 0 bridgehead atoms. The summed E-state index contributed by atoms with van der Waals surface area (Å²) >= 11 is 1.39. The molecule has 3 rings (SSSR count). The first kappa shape index (κ1) is 11.4. The van der Waals surface area contributed by atoms with Crippen LogP contribution < -0.4 is 5.43 Å². The number of piperidine rings is 1. The van der Waals surface area contributed by atoms with Crippen molar-refractivity contribution in [3.05, 3.63) is 21.7 Å². The van der Waals surface area contributed by atoms with E-state index in [9.17, 15) is 10.1 Å². The summed E-state index contributed by atoms with van der Waals surface area (Å²) in [4.78, 5) is 15.7. The molecule has 0 saturated carbocycles. The van der Waals surface area contributed by atoms with E-state index in [2.05, 4.69) is 10.4 Å². The molecule has 1 aliphatic rings. The highest BCUT2D eigenvalue weighted by molar-refractivity contribution is 7.15. The molecule has 2 aromatic rings. The Morgan fingerprint density at radius 3 is 2.89 bits per heavy atom. The first-order chi connectivity index (χ1) is 8.75. The minimum atomic E-state index is -0.390. The molecule has 0 aliphatic carbocycles. The van der Waals surface area contributed by atoms with E-state index in [4.69, 9.17) is 0 Å². The molecule has 1 saturated heterocycles. The lowest BCUT2D eigenvalue weighted by Gasteiger charge is -2.26. The topological polar surface area (TPSA) is 75.7 Å². The van der Waals surface area contributed by atoms with Gasteiger partial charge < -0.3 is 10.1 Å². The lowest BCUT2D eigenvalue weighted by atomic mass is 10.2. The second kappa shape index (κ2) is 4.54. The lowest BCUT2D eigenvalue weighted by molar-refractivity contribution is -0.389. The Balaban J connectivity index is 1.92. The van der Waals surface area contributed by atoms with Crippen molar-refractivity contribution in [2.75, 3.05) is 18.5 Å². The highest BCUT2D eigenvalue weighted by Gasteiger charge is 2.25. The van der Waals surface area contributed by atoms with Gasteiger partial charge in [-0.2, -0.15) is 9.38 Å². The monoisotopic (exact) mass is 267 g/mol. The third-order valence-corrected chi connectivity index (χ3v) is 3.79. The molecule has 0 atom stereocenters. The maximum Gasteiger partial charge on any atom is 0.374 e. The standard InChI is InChI=1S/C10H13N5O2S/c16-15(17)9-8(11-10-14(9)6-7-18-10)12-13-4-2-1-3-5-13/h6-7,12H,1-5H2. The highest BCUT2D eigenvalue weighted by Crippen LogP contribution is 2.28. The zero-order valence-electron chi connectivity index (χ0n) is 9.70. The summed E-state index contributed by atoms with van der Waals surface area (Å²) in [6.07, 6.45) is 5.12. The Morgan fingerprint density at radius 2 is 2.17 bits per heavy atom. The number of aromatic nitrogens is 2. The average molecular weight is 267 g/mol. The van der Waals surface area contributed by atoms with Crippen LogP contribution in [0.4, 0.5) is 11.6 Å². The van der Waals surface area contributed by atoms with Gasteiger partial charge in [-0.05, 0) is 17.8 Å². The molecule has 1 N–H and O–H groups in total. The average Bonchev–Trinajstić information content (AvgIpc) is 2.89. The molecule has 3 heterocycles. The van der Waals surface area contributed by atoms with Gasteiger partial charge in [0.05, 0.1) is 0 Å². The lowest BCUT2D eigenvalue weighted by Crippen LogP contribution is -2.35. The molecule has 0 spiro atoms. The fourth-order valence-electron chi connectivity index (χ4n) is 2.18. The molecule has 0 unspecified atom stereocenters. The minimum absolute atomic E-state index is 0.0109. The second-order valence-corrected chi connectivity index (χ2v) is 5.13. The largest absolute Gasteiger partial charge is 0.374 e. The van der Waals surface area contributed by atoms with Crippen LogP contribution in [-0.4, -0.2) is 32.4 Å². The van der Waals surface area contributed by atoms with Gasteiger partial charge in [0.2, 0.25) is 5.82 Å². The van der Waals surface area contributed by atoms with Gasteiger partial charge in [-0.25, -0.2) is 5.01 Å². The van der Waals surface area contributed by atoms with Crippen molar-refractivity contribution in [1.82, 2.24) is 14.4 Å². The fraction of sp³-hybridized carbons (Fsp3) is 0.500. The van der Waals surface area contributed by atoms with Gasteiger partial charge in [0, 0.05) is 18.5 Å². The number of imidazole rings is 1.